The van der Waals surface area contributed by atoms with Crippen molar-refractivity contribution in [2.75, 3.05) is 5.32 Å². The van der Waals surface area contributed by atoms with Gasteiger partial charge < -0.3 is 15.1 Å². The molecule has 3 aromatic rings. The molecule has 0 saturated heterocycles. The lowest BCUT2D eigenvalue weighted by Crippen LogP contribution is -2.23. The van der Waals surface area contributed by atoms with Crippen LogP contribution >= 0.6 is 0 Å². The topological polar surface area (TPSA) is 89.2 Å². The van der Waals surface area contributed by atoms with Crippen LogP contribution in [0.4, 0.5) is 5.82 Å². The second kappa shape index (κ2) is 7.04. The zero-order chi connectivity index (χ0) is 17.8. The molecule has 2 aromatic heterocycles. The number of carbonyl (C=O) groups is 2. The van der Waals surface area contributed by atoms with Crippen LogP contribution in [0.1, 0.15) is 32.2 Å². The second-order valence-corrected chi connectivity index (χ2v) is 5.64. The minimum atomic E-state index is -0.403. The van der Waals surface area contributed by atoms with E-state index < -0.39 is 5.91 Å². The van der Waals surface area contributed by atoms with E-state index in [9.17, 15) is 9.59 Å². The fourth-order valence-electron chi connectivity index (χ4n) is 2.26. The lowest BCUT2D eigenvalue weighted by Gasteiger charge is -2.03. The standard InChI is InChI=1S/C18H18N4O3/c1-12-5-7-13(8-6-12)11-19-17(23)14-10-16(22(2)21-14)20-18(24)15-4-3-9-25-15/h3-10H,11H2,1-2H3,(H,19,23)(H,20,24). The molecule has 0 radical (unpaired) electrons. The molecular weight excluding hydrogens is 320 g/mol. The number of aromatic nitrogens is 2. The second-order valence-electron chi connectivity index (χ2n) is 5.64. The highest BCUT2D eigenvalue weighted by atomic mass is 16.3. The summed E-state index contributed by atoms with van der Waals surface area (Å²) in [7, 11) is 1.65. The summed E-state index contributed by atoms with van der Waals surface area (Å²) in [5.74, 6) is -0.122. The minimum absolute atomic E-state index is 0.187. The predicted octanol–water partition coefficient (Wildman–Crippen LogP) is 2.50. The van der Waals surface area contributed by atoms with E-state index in [4.69, 9.17) is 4.42 Å². The van der Waals surface area contributed by atoms with Gasteiger partial charge in [-0.1, -0.05) is 29.8 Å². The molecule has 0 aliphatic heterocycles. The van der Waals surface area contributed by atoms with Crippen LogP contribution in [0, 0.1) is 6.92 Å². The molecule has 0 unspecified atom stereocenters. The molecule has 25 heavy (non-hydrogen) atoms. The van der Waals surface area contributed by atoms with Crippen molar-refractivity contribution >= 4 is 17.6 Å². The molecule has 0 atom stereocenters. The Morgan fingerprint density at radius 2 is 1.92 bits per heavy atom. The quantitative estimate of drug-likeness (QED) is 0.748. The number of amides is 2. The van der Waals surface area contributed by atoms with E-state index in [2.05, 4.69) is 15.7 Å². The summed E-state index contributed by atoms with van der Waals surface area (Å²) in [6.07, 6.45) is 1.42. The largest absolute Gasteiger partial charge is 0.459 e. The fourth-order valence-corrected chi connectivity index (χ4v) is 2.26. The number of furan rings is 1. The Hall–Kier alpha value is -3.35. The molecule has 7 heteroatoms. The van der Waals surface area contributed by atoms with Gasteiger partial charge in [0.05, 0.1) is 6.26 Å². The Bertz CT molecular complexity index is 880. The molecule has 0 aliphatic rings. The third kappa shape index (κ3) is 3.95. The predicted molar refractivity (Wildman–Crippen MR) is 92.2 cm³/mol. The van der Waals surface area contributed by atoms with E-state index in [1.165, 1.54) is 17.0 Å². The molecule has 128 valence electrons. The van der Waals surface area contributed by atoms with Gasteiger partial charge in [-0.2, -0.15) is 5.10 Å². The van der Waals surface area contributed by atoms with Gasteiger partial charge in [-0.3, -0.25) is 14.3 Å². The third-order valence-corrected chi connectivity index (χ3v) is 3.67. The summed E-state index contributed by atoms with van der Waals surface area (Å²) in [5, 5.41) is 9.60. The Labute approximate surface area is 144 Å². The molecular formula is C18H18N4O3. The van der Waals surface area contributed by atoms with Crippen LogP contribution in [-0.4, -0.2) is 21.6 Å². The summed E-state index contributed by atoms with van der Waals surface area (Å²) in [6.45, 7) is 2.42. The molecule has 2 N–H and O–H groups in total. The first-order chi connectivity index (χ1) is 12.0. The first kappa shape index (κ1) is 16.5. The molecule has 2 amide bonds. The van der Waals surface area contributed by atoms with Crippen LogP contribution in [0.25, 0.3) is 0 Å². The van der Waals surface area contributed by atoms with Crippen LogP contribution in [0.5, 0.6) is 0 Å². The molecule has 0 bridgehead atoms. The van der Waals surface area contributed by atoms with Crippen molar-refractivity contribution in [3.05, 3.63) is 71.3 Å². The number of carbonyl (C=O) groups excluding carboxylic acids is 2. The summed E-state index contributed by atoms with van der Waals surface area (Å²) >= 11 is 0. The molecule has 7 nitrogen and oxygen atoms in total. The van der Waals surface area contributed by atoms with Gasteiger partial charge >= 0.3 is 0 Å². The van der Waals surface area contributed by atoms with Crippen molar-refractivity contribution < 1.29 is 14.0 Å². The number of hydrogen-bond acceptors (Lipinski definition) is 4. The van der Waals surface area contributed by atoms with Crippen LogP contribution in [-0.2, 0) is 13.6 Å². The lowest BCUT2D eigenvalue weighted by molar-refractivity contribution is 0.0944. The van der Waals surface area contributed by atoms with Gasteiger partial charge in [0.15, 0.2) is 11.5 Å². The van der Waals surface area contributed by atoms with Crippen molar-refractivity contribution in [1.82, 2.24) is 15.1 Å². The maximum Gasteiger partial charge on any atom is 0.292 e. The Morgan fingerprint density at radius 1 is 1.16 bits per heavy atom. The zero-order valence-corrected chi connectivity index (χ0v) is 13.9. The number of anilines is 1. The zero-order valence-electron chi connectivity index (χ0n) is 13.9. The van der Waals surface area contributed by atoms with E-state index in [1.54, 1.807) is 19.2 Å². The first-order valence-corrected chi connectivity index (χ1v) is 7.75. The summed E-state index contributed by atoms with van der Waals surface area (Å²) in [6, 6.07) is 12.6. The van der Waals surface area contributed by atoms with Gasteiger partial charge in [0.1, 0.15) is 5.82 Å². The number of nitrogens with zero attached hydrogens (tertiary/aromatic N) is 2. The molecule has 0 fully saturated rings. The van der Waals surface area contributed by atoms with Gasteiger partial charge in [0, 0.05) is 19.7 Å². The van der Waals surface area contributed by atoms with Crippen LogP contribution in [0.2, 0.25) is 0 Å². The highest BCUT2D eigenvalue weighted by molar-refractivity contribution is 6.02. The summed E-state index contributed by atoms with van der Waals surface area (Å²) in [5.41, 5.74) is 2.39. The molecule has 2 heterocycles. The van der Waals surface area contributed by atoms with Crippen LogP contribution in [0.15, 0.2) is 53.1 Å². The van der Waals surface area contributed by atoms with E-state index in [0.29, 0.717) is 12.4 Å². The third-order valence-electron chi connectivity index (χ3n) is 3.67. The van der Waals surface area contributed by atoms with Crippen molar-refractivity contribution in [3.63, 3.8) is 0 Å². The summed E-state index contributed by atoms with van der Waals surface area (Å²) < 4.78 is 6.47. The van der Waals surface area contributed by atoms with Crippen LogP contribution in [0.3, 0.4) is 0 Å². The Morgan fingerprint density at radius 3 is 2.60 bits per heavy atom. The Balaban J connectivity index is 1.63. The van der Waals surface area contributed by atoms with Crippen molar-refractivity contribution in [2.24, 2.45) is 7.05 Å². The molecule has 0 saturated carbocycles. The maximum atomic E-state index is 12.2. The normalized spacial score (nSPS) is 10.5. The smallest absolute Gasteiger partial charge is 0.292 e. The highest BCUT2D eigenvalue weighted by Gasteiger charge is 2.16. The number of hydrogen-bond donors (Lipinski definition) is 2. The van der Waals surface area contributed by atoms with Gasteiger partial charge in [0.25, 0.3) is 11.8 Å². The average molecular weight is 338 g/mol. The SMILES string of the molecule is Cc1ccc(CNC(=O)c2cc(NC(=O)c3ccco3)n(C)n2)cc1. The number of benzene rings is 1. The number of nitrogens with one attached hydrogen (secondary N) is 2. The van der Waals surface area contributed by atoms with Crippen LogP contribution < -0.4 is 10.6 Å². The van der Waals surface area contributed by atoms with E-state index in [-0.39, 0.29) is 17.4 Å². The van der Waals surface area contributed by atoms with Crippen molar-refractivity contribution in [2.45, 2.75) is 13.5 Å². The van der Waals surface area contributed by atoms with Gasteiger partial charge in [-0.25, -0.2) is 0 Å². The van der Waals surface area contributed by atoms with E-state index >= 15 is 0 Å². The maximum absolute atomic E-state index is 12.2. The minimum Gasteiger partial charge on any atom is -0.459 e. The van der Waals surface area contributed by atoms with E-state index in [1.807, 2.05) is 31.2 Å². The fraction of sp³-hybridized carbons (Fsp3) is 0.167. The number of aryl methyl sites for hydroxylation is 2. The van der Waals surface area contributed by atoms with Crippen molar-refractivity contribution in [1.29, 1.82) is 0 Å². The monoisotopic (exact) mass is 338 g/mol. The molecule has 1 aromatic carbocycles. The molecule has 0 spiro atoms. The lowest BCUT2D eigenvalue weighted by atomic mass is 10.1. The van der Waals surface area contributed by atoms with Crippen molar-refractivity contribution in [3.8, 4) is 0 Å². The Kier molecular flexibility index (Phi) is 4.65. The summed E-state index contributed by atoms with van der Waals surface area (Å²) in [4.78, 5) is 24.2. The molecule has 3 rings (SSSR count). The van der Waals surface area contributed by atoms with Gasteiger partial charge in [-0.05, 0) is 24.6 Å². The highest BCUT2D eigenvalue weighted by Crippen LogP contribution is 2.12. The van der Waals surface area contributed by atoms with Gasteiger partial charge in [0.2, 0.25) is 0 Å². The van der Waals surface area contributed by atoms with Gasteiger partial charge in [-0.15, -0.1) is 0 Å². The van der Waals surface area contributed by atoms with E-state index in [0.717, 1.165) is 11.1 Å². The average Bonchev–Trinajstić information content (AvgIpc) is 3.25. The first-order valence-electron chi connectivity index (χ1n) is 7.75. The number of rotatable bonds is 5. The molecule has 0 aliphatic carbocycles.